The third-order valence-corrected chi connectivity index (χ3v) is 7.51. The van der Waals surface area contributed by atoms with Crippen LogP contribution in [0.2, 0.25) is 0 Å². The fourth-order valence-corrected chi connectivity index (χ4v) is 5.74. The predicted molar refractivity (Wildman–Crippen MR) is 131 cm³/mol. The Labute approximate surface area is 191 Å². The van der Waals surface area contributed by atoms with Crippen molar-refractivity contribution in [3.8, 4) is 17.0 Å². The first-order valence-corrected chi connectivity index (χ1v) is 12.1. The number of hydrogen-bond acceptors (Lipinski definition) is 3. The van der Waals surface area contributed by atoms with Crippen molar-refractivity contribution in [3.05, 3.63) is 47.2 Å². The summed E-state index contributed by atoms with van der Waals surface area (Å²) in [5, 5.41) is 5.22. The number of hydrogen-bond donors (Lipinski definition) is 0. The fourth-order valence-electron chi connectivity index (χ4n) is 5.74. The lowest BCUT2D eigenvalue weighted by Gasteiger charge is -2.39. The van der Waals surface area contributed by atoms with Crippen molar-refractivity contribution in [2.45, 2.75) is 52.5 Å². The van der Waals surface area contributed by atoms with Gasteiger partial charge in [-0.3, -0.25) is 4.48 Å². The van der Waals surface area contributed by atoms with Gasteiger partial charge in [-0.2, -0.15) is 5.10 Å². The highest BCUT2D eigenvalue weighted by molar-refractivity contribution is 5.80. The van der Waals surface area contributed by atoms with Crippen LogP contribution in [-0.2, 0) is 11.2 Å². The molecule has 3 heterocycles. The van der Waals surface area contributed by atoms with Gasteiger partial charge in [-0.1, -0.05) is 19.1 Å². The van der Waals surface area contributed by atoms with Crippen molar-refractivity contribution in [2.75, 3.05) is 33.9 Å². The Morgan fingerprint density at radius 2 is 2.00 bits per heavy atom. The minimum absolute atomic E-state index is 0.494. The zero-order chi connectivity index (χ0) is 22.5. The van der Waals surface area contributed by atoms with E-state index < -0.39 is 0 Å². The summed E-state index contributed by atoms with van der Waals surface area (Å²) in [6.45, 7) is 9.40. The number of aromatic nitrogens is 2. The number of pyridine rings is 1. The molecule has 1 aromatic carbocycles. The van der Waals surface area contributed by atoms with E-state index in [9.17, 15) is 0 Å². The average molecular weight is 435 g/mol. The Balaban J connectivity index is 1.74. The molecule has 0 spiro atoms. The van der Waals surface area contributed by atoms with Crippen LogP contribution in [0.1, 0.15) is 43.0 Å². The van der Waals surface area contributed by atoms with E-state index in [1.165, 1.54) is 47.4 Å². The van der Waals surface area contributed by atoms with Gasteiger partial charge in [0.25, 0.3) is 0 Å². The molecule has 1 saturated heterocycles. The number of methoxy groups -OCH3 is 1. The lowest BCUT2D eigenvalue weighted by Crippen LogP contribution is -2.55. The van der Waals surface area contributed by atoms with Crippen LogP contribution in [0.5, 0.6) is 5.75 Å². The second-order valence-electron chi connectivity index (χ2n) is 9.93. The molecule has 2 aromatic heterocycles. The smallest absolute Gasteiger partial charge is 0.182 e. The van der Waals surface area contributed by atoms with Crippen LogP contribution in [0.3, 0.4) is 0 Å². The molecule has 5 rings (SSSR count). The molecule has 1 saturated carbocycles. The summed E-state index contributed by atoms with van der Waals surface area (Å²) in [7, 11) is 4.19. The topological polar surface area (TPSA) is 35.8 Å². The predicted octanol–water partition coefficient (Wildman–Crippen LogP) is 5.33. The standard InChI is InChI=1S/C27H36N3O2/c1-6-22-27(30(4,16-20-10-11-20)21-12-13-32-17-21)24-9-7-8-23(29(24)28-22)26-19(3)14-18(2)15-25(26)31-5/h7-9,14-15,20-21H,6,10-13,16-17H2,1-5H3/q+1. The quantitative estimate of drug-likeness (QED) is 0.472. The summed E-state index contributed by atoms with van der Waals surface area (Å²) in [6.07, 6.45) is 4.75. The molecule has 0 N–H and O–H groups in total. The normalized spacial score (nSPS) is 20.6. The van der Waals surface area contributed by atoms with Crippen molar-refractivity contribution < 1.29 is 9.47 Å². The Morgan fingerprint density at radius 3 is 2.66 bits per heavy atom. The maximum absolute atomic E-state index is 5.88. The second-order valence-corrected chi connectivity index (χ2v) is 9.93. The number of aryl methyl sites for hydroxylation is 3. The summed E-state index contributed by atoms with van der Waals surface area (Å²) < 4.78 is 14.8. The van der Waals surface area contributed by atoms with E-state index in [0.29, 0.717) is 6.04 Å². The minimum Gasteiger partial charge on any atom is -0.496 e. The van der Waals surface area contributed by atoms with Gasteiger partial charge in [-0.05, 0) is 62.4 Å². The molecule has 0 radical (unpaired) electrons. The number of ether oxygens (including phenoxy) is 2. The van der Waals surface area contributed by atoms with Crippen molar-refractivity contribution in [2.24, 2.45) is 5.92 Å². The number of nitrogens with zero attached hydrogens (tertiary/aromatic N) is 3. The first kappa shape index (κ1) is 21.5. The highest BCUT2D eigenvalue weighted by Gasteiger charge is 2.45. The second kappa shape index (κ2) is 8.20. The van der Waals surface area contributed by atoms with Gasteiger partial charge in [-0.15, -0.1) is 0 Å². The zero-order valence-electron chi connectivity index (χ0n) is 20.1. The molecular formula is C27H36N3O2+. The summed E-state index contributed by atoms with van der Waals surface area (Å²) in [6, 6.07) is 11.4. The molecule has 2 unspecified atom stereocenters. The summed E-state index contributed by atoms with van der Waals surface area (Å²) in [5.74, 6) is 1.73. The lowest BCUT2D eigenvalue weighted by molar-refractivity contribution is 0.158. The highest BCUT2D eigenvalue weighted by Crippen LogP contribution is 2.43. The molecule has 170 valence electrons. The Kier molecular flexibility index (Phi) is 5.50. The van der Waals surface area contributed by atoms with E-state index >= 15 is 0 Å². The molecule has 2 fully saturated rings. The Bertz CT molecular complexity index is 1140. The van der Waals surface area contributed by atoms with Gasteiger partial charge < -0.3 is 9.47 Å². The first-order valence-electron chi connectivity index (χ1n) is 12.1. The number of quaternary nitrogens is 1. The third-order valence-electron chi connectivity index (χ3n) is 7.51. The van der Waals surface area contributed by atoms with Gasteiger partial charge in [-0.25, -0.2) is 4.52 Å². The van der Waals surface area contributed by atoms with E-state index in [0.717, 1.165) is 53.5 Å². The molecule has 2 atom stereocenters. The molecule has 3 aromatic rings. The first-order chi connectivity index (χ1) is 15.5. The molecule has 2 aliphatic rings. The van der Waals surface area contributed by atoms with Gasteiger partial charge in [0.1, 0.15) is 23.0 Å². The van der Waals surface area contributed by atoms with E-state index in [4.69, 9.17) is 14.6 Å². The lowest BCUT2D eigenvalue weighted by atomic mass is 10.0. The highest BCUT2D eigenvalue weighted by atomic mass is 16.5. The average Bonchev–Trinajstić information content (AvgIpc) is 3.27. The number of rotatable bonds is 7. The largest absolute Gasteiger partial charge is 0.496 e. The molecule has 1 aliphatic carbocycles. The van der Waals surface area contributed by atoms with Crippen molar-refractivity contribution in [1.29, 1.82) is 0 Å². The summed E-state index contributed by atoms with van der Waals surface area (Å²) in [4.78, 5) is 0. The van der Waals surface area contributed by atoms with Gasteiger partial charge in [0.05, 0.1) is 39.6 Å². The number of likely N-dealkylation sites (N-methyl/N-ethyl adjacent to an activating group) is 1. The Hall–Kier alpha value is -2.37. The molecule has 32 heavy (non-hydrogen) atoms. The summed E-state index contributed by atoms with van der Waals surface area (Å²) in [5.41, 5.74) is 8.46. The van der Waals surface area contributed by atoms with Gasteiger partial charge >= 0.3 is 0 Å². The summed E-state index contributed by atoms with van der Waals surface area (Å²) >= 11 is 0. The Morgan fingerprint density at radius 1 is 1.19 bits per heavy atom. The zero-order valence-corrected chi connectivity index (χ0v) is 20.1. The SMILES string of the molecule is CCc1nn2c(-c3c(C)cc(C)cc3OC)cccc2c1[N+](C)(CC1CC1)C1CCOC1. The molecule has 5 heteroatoms. The van der Waals surface area contributed by atoms with Gasteiger partial charge in [0.2, 0.25) is 0 Å². The van der Waals surface area contributed by atoms with Crippen molar-refractivity contribution in [3.63, 3.8) is 0 Å². The van der Waals surface area contributed by atoms with Crippen LogP contribution in [0, 0.1) is 19.8 Å². The van der Waals surface area contributed by atoms with E-state index in [2.05, 4.69) is 62.7 Å². The van der Waals surface area contributed by atoms with Gasteiger partial charge in [0, 0.05) is 17.9 Å². The number of fused-ring (bicyclic) bond motifs is 1. The van der Waals surface area contributed by atoms with Crippen molar-refractivity contribution >= 4 is 11.2 Å². The number of benzene rings is 1. The monoisotopic (exact) mass is 434 g/mol. The van der Waals surface area contributed by atoms with E-state index in [1.54, 1.807) is 7.11 Å². The fraction of sp³-hybridized carbons (Fsp3) is 0.519. The van der Waals surface area contributed by atoms with Crippen LogP contribution in [0.15, 0.2) is 30.3 Å². The van der Waals surface area contributed by atoms with Crippen LogP contribution >= 0.6 is 0 Å². The molecule has 1 aliphatic heterocycles. The molecule has 0 bridgehead atoms. The maximum Gasteiger partial charge on any atom is 0.182 e. The van der Waals surface area contributed by atoms with Crippen LogP contribution in [0.4, 0.5) is 5.69 Å². The molecule has 5 nitrogen and oxygen atoms in total. The minimum atomic E-state index is 0.494. The van der Waals surface area contributed by atoms with E-state index in [1.807, 2.05) is 0 Å². The van der Waals surface area contributed by atoms with Gasteiger partial charge in [0.15, 0.2) is 5.69 Å². The van der Waals surface area contributed by atoms with E-state index in [-0.39, 0.29) is 0 Å². The molecular weight excluding hydrogens is 398 g/mol. The van der Waals surface area contributed by atoms with Crippen LogP contribution in [0.25, 0.3) is 16.8 Å². The van der Waals surface area contributed by atoms with Crippen LogP contribution in [-0.4, -0.2) is 49.6 Å². The van der Waals surface area contributed by atoms with Crippen LogP contribution < -0.4 is 9.22 Å². The molecule has 0 amide bonds. The third kappa shape index (κ3) is 3.52. The maximum atomic E-state index is 5.88. The van der Waals surface area contributed by atoms with Crippen molar-refractivity contribution in [1.82, 2.24) is 14.1 Å².